The molecule has 0 spiro atoms. The van der Waals surface area contributed by atoms with Gasteiger partial charge in [-0.1, -0.05) is 67.1 Å². The lowest BCUT2D eigenvalue weighted by Crippen LogP contribution is -2.55. The predicted molar refractivity (Wildman–Crippen MR) is 165 cm³/mol. The summed E-state index contributed by atoms with van der Waals surface area (Å²) < 4.78 is 11.1. The fourth-order valence-corrected chi connectivity index (χ4v) is 4.80. The minimum absolute atomic E-state index is 0.157. The van der Waals surface area contributed by atoms with Crippen LogP contribution in [0.4, 0.5) is 4.79 Å². The smallest absolute Gasteiger partial charge is 0.408 e. The van der Waals surface area contributed by atoms with E-state index in [1.165, 1.54) is 0 Å². The summed E-state index contributed by atoms with van der Waals surface area (Å²) in [5, 5.41) is 5.55. The van der Waals surface area contributed by atoms with E-state index in [0.717, 1.165) is 11.1 Å². The molecule has 2 aromatic carbocycles. The quantitative estimate of drug-likeness (QED) is 0.364. The first-order chi connectivity index (χ1) is 19.9. The number of esters is 1. The number of nitrogens with zero attached hydrogens (tertiary/aromatic N) is 1. The second-order valence-corrected chi connectivity index (χ2v) is 13.5. The van der Waals surface area contributed by atoms with Crippen molar-refractivity contribution < 1.29 is 28.7 Å². The first-order valence-electron chi connectivity index (χ1n) is 14.9. The van der Waals surface area contributed by atoms with E-state index in [4.69, 9.17) is 9.47 Å². The largest absolute Gasteiger partial charge is 0.458 e. The third-order valence-electron chi connectivity index (χ3n) is 6.99. The van der Waals surface area contributed by atoms with Crippen molar-refractivity contribution in [3.63, 3.8) is 0 Å². The van der Waals surface area contributed by atoms with E-state index in [2.05, 4.69) is 10.6 Å². The molecule has 1 aliphatic carbocycles. The summed E-state index contributed by atoms with van der Waals surface area (Å²) in [6.07, 6.45) is 0.202. The Kier molecular flexibility index (Phi) is 10.6. The molecule has 9 heteroatoms. The molecule has 2 aromatic rings. The molecular formula is C34H47N3O6. The number of nitrogens with one attached hydrogen (secondary N) is 2. The van der Waals surface area contributed by atoms with E-state index in [-0.39, 0.29) is 18.4 Å². The third kappa shape index (κ3) is 10.1. The topological polar surface area (TPSA) is 114 Å². The van der Waals surface area contributed by atoms with Gasteiger partial charge in [0.2, 0.25) is 11.8 Å². The van der Waals surface area contributed by atoms with Crippen molar-refractivity contribution in [3.8, 4) is 0 Å². The lowest BCUT2D eigenvalue weighted by atomic mass is 9.99. The molecule has 0 saturated heterocycles. The lowest BCUT2D eigenvalue weighted by molar-refractivity contribution is -0.159. The molecule has 3 rings (SSSR count). The fraction of sp³-hybridized carbons (Fsp3) is 0.529. The predicted octanol–water partition coefficient (Wildman–Crippen LogP) is 5.26. The molecule has 43 heavy (non-hydrogen) atoms. The Hall–Kier alpha value is -3.88. The zero-order valence-corrected chi connectivity index (χ0v) is 26.9. The Morgan fingerprint density at radius 1 is 0.884 bits per heavy atom. The molecule has 0 aromatic heterocycles. The van der Waals surface area contributed by atoms with Crippen molar-refractivity contribution in [1.82, 2.24) is 15.5 Å². The van der Waals surface area contributed by atoms with Crippen LogP contribution in [0.3, 0.4) is 0 Å². The molecule has 5 atom stereocenters. The summed E-state index contributed by atoms with van der Waals surface area (Å²) in [6.45, 7) is 16.1. The monoisotopic (exact) mass is 593 g/mol. The van der Waals surface area contributed by atoms with Gasteiger partial charge in [0, 0.05) is 12.5 Å². The van der Waals surface area contributed by atoms with Crippen LogP contribution in [0.5, 0.6) is 0 Å². The highest BCUT2D eigenvalue weighted by atomic mass is 16.6. The summed E-state index contributed by atoms with van der Waals surface area (Å²) in [4.78, 5) is 55.8. The van der Waals surface area contributed by atoms with Crippen LogP contribution in [0.2, 0.25) is 0 Å². The molecule has 0 aliphatic heterocycles. The van der Waals surface area contributed by atoms with E-state index in [1.54, 1.807) is 53.4 Å². The average molecular weight is 594 g/mol. The number of aryl methyl sites for hydroxylation is 1. The number of amides is 3. The van der Waals surface area contributed by atoms with E-state index < -0.39 is 53.2 Å². The summed E-state index contributed by atoms with van der Waals surface area (Å²) in [5.41, 5.74) is 0.946. The molecule has 3 amide bonds. The molecule has 2 N–H and O–H groups in total. The van der Waals surface area contributed by atoms with Crippen molar-refractivity contribution in [2.75, 3.05) is 0 Å². The Bertz CT molecular complexity index is 1280. The number of carbonyl (C=O) groups excluding carboxylic acids is 4. The maximum Gasteiger partial charge on any atom is 0.408 e. The highest BCUT2D eigenvalue weighted by Crippen LogP contribution is 2.40. The fourth-order valence-electron chi connectivity index (χ4n) is 4.80. The number of carbonyl (C=O) groups is 4. The van der Waals surface area contributed by atoms with E-state index in [1.807, 2.05) is 68.4 Å². The second kappa shape index (κ2) is 13.6. The van der Waals surface area contributed by atoms with E-state index in [0.29, 0.717) is 12.0 Å². The highest BCUT2D eigenvalue weighted by molar-refractivity contribution is 5.94. The van der Waals surface area contributed by atoms with Gasteiger partial charge in [-0.2, -0.15) is 0 Å². The van der Waals surface area contributed by atoms with Gasteiger partial charge < -0.3 is 25.0 Å². The molecule has 234 valence electrons. The SMILES string of the molecule is Cc1ccc(C(C(=O)NC(Cc2ccccc2)C(=O)OC(C)(C)C)N(C(=O)C(C)NC(=O)OC(C)(C)C)C2CC2C)cc1. The van der Waals surface area contributed by atoms with Gasteiger partial charge in [0.25, 0.3) is 0 Å². The zero-order chi connectivity index (χ0) is 32.1. The van der Waals surface area contributed by atoms with Gasteiger partial charge in [0.15, 0.2) is 0 Å². The van der Waals surface area contributed by atoms with Gasteiger partial charge in [-0.15, -0.1) is 0 Å². The molecule has 9 nitrogen and oxygen atoms in total. The summed E-state index contributed by atoms with van der Waals surface area (Å²) in [7, 11) is 0. The molecule has 0 radical (unpaired) electrons. The maximum atomic E-state index is 14.3. The van der Waals surface area contributed by atoms with Gasteiger partial charge in [-0.05, 0) is 78.9 Å². The van der Waals surface area contributed by atoms with Gasteiger partial charge in [-0.3, -0.25) is 9.59 Å². The molecule has 5 unspecified atom stereocenters. The molecule has 1 saturated carbocycles. The number of hydrogen-bond acceptors (Lipinski definition) is 6. The molecular weight excluding hydrogens is 546 g/mol. The van der Waals surface area contributed by atoms with E-state index >= 15 is 0 Å². The van der Waals surface area contributed by atoms with Crippen LogP contribution < -0.4 is 10.6 Å². The normalized spacial score (nSPS) is 18.4. The van der Waals surface area contributed by atoms with Crippen LogP contribution in [-0.4, -0.2) is 58.1 Å². The number of benzene rings is 2. The standard InChI is InChI=1S/C34H47N3O6/c1-21-15-17-25(18-16-21)28(37(27-19-22(27)2)30(39)23(3)35-32(41)43-34(7,8)9)29(38)36-26(31(40)42-33(4,5)6)20-24-13-11-10-12-14-24/h10-18,22-23,26-28H,19-20H2,1-9H3,(H,35,41)(H,36,38). The number of alkyl carbamates (subject to hydrolysis) is 1. The van der Waals surface area contributed by atoms with Crippen molar-refractivity contribution in [2.45, 2.75) is 111 Å². The lowest BCUT2D eigenvalue weighted by Gasteiger charge is -2.35. The van der Waals surface area contributed by atoms with Crippen LogP contribution in [-0.2, 0) is 30.3 Å². The van der Waals surface area contributed by atoms with Crippen LogP contribution >= 0.6 is 0 Å². The minimum Gasteiger partial charge on any atom is -0.458 e. The van der Waals surface area contributed by atoms with Crippen molar-refractivity contribution in [2.24, 2.45) is 5.92 Å². The third-order valence-corrected chi connectivity index (χ3v) is 6.99. The Balaban J connectivity index is 1.98. The van der Waals surface area contributed by atoms with Gasteiger partial charge in [-0.25, -0.2) is 9.59 Å². The van der Waals surface area contributed by atoms with Crippen molar-refractivity contribution in [3.05, 3.63) is 71.3 Å². The van der Waals surface area contributed by atoms with Crippen molar-refractivity contribution >= 4 is 23.9 Å². The summed E-state index contributed by atoms with van der Waals surface area (Å²) in [6, 6.07) is 13.5. The average Bonchev–Trinajstić information content (AvgIpc) is 3.61. The highest BCUT2D eigenvalue weighted by Gasteiger charge is 2.48. The Morgan fingerprint density at radius 3 is 1.95 bits per heavy atom. The van der Waals surface area contributed by atoms with Crippen LogP contribution in [0, 0.1) is 12.8 Å². The van der Waals surface area contributed by atoms with Crippen LogP contribution in [0.1, 0.15) is 84.5 Å². The van der Waals surface area contributed by atoms with Gasteiger partial charge in [0.1, 0.15) is 29.3 Å². The second-order valence-electron chi connectivity index (χ2n) is 13.5. The zero-order valence-electron chi connectivity index (χ0n) is 26.9. The van der Waals surface area contributed by atoms with Crippen LogP contribution in [0.25, 0.3) is 0 Å². The molecule has 0 heterocycles. The Morgan fingerprint density at radius 2 is 1.44 bits per heavy atom. The van der Waals surface area contributed by atoms with Gasteiger partial charge in [0.05, 0.1) is 0 Å². The number of hydrogen-bond donors (Lipinski definition) is 2. The minimum atomic E-state index is -1.05. The maximum absolute atomic E-state index is 14.3. The van der Waals surface area contributed by atoms with Gasteiger partial charge >= 0.3 is 12.1 Å². The molecule has 1 aliphatic rings. The number of rotatable bonds is 10. The van der Waals surface area contributed by atoms with Crippen LogP contribution in [0.15, 0.2) is 54.6 Å². The van der Waals surface area contributed by atoms with Crippen molar-refractivity contribution in [1.29, 1.82) is 0 Å². The molecule has 0 bridgehead atoms. The Labute approximate surface area is 255 Å². The summed E-state index contributed by atoms with van der Waals surface area (Å²) in [5.74, 6) is -1.33. The first kappa shape index (κ1) is 33.6. The van der Waals surface area contributed by atoms with E-state index in [9.17, 15) is 19.2 Å². The first-order valence-corrected chi connectivity index (χ1v) is 14.9. The molecule has 1 fully saturated rings. The number of ether oxygens (including phenoxy) is 2. The summed E-state index contributed by atoms with van der Waals surface area (Å²) >= 11 is 0.